The van der Waals surface area contributed by atoms with E-state index < -0.39 is 12.3 Å². The van der Waals surface area contributed by atoms with Crippen molar-refractivity contribution < 1.29 is 9.90 Å². The molecule has 4 heterocycles. The van der Waals surface area contributed by atoms with Gasteiger partial charge >= 0.3 is 0 Å². The summed E-state index contributed by atoms with van der Waals surface area (Å²) in [7, 11) is 0. The van der Waals surface area contributed by atoms with E-state index in [0.29, 0.717) is 29.6 Å². The molecule has 1 amide bonds. The fourth-order valence-electron chi connectivity index (χ4n) is 4.53. The predicted octanol–water partition coefficient (Wildman–Crippen LogP) is 3.06. The van der Waals surface area contributed by atoms with E-state index in [1.165, 1.54) is 0 Å². The highest BCUT2D eigenvalue weighted by molar-refractivity contribution is 6.02. The van der Waals surface area contributed by atoms with Gasteiger partial charge in [0.15, 0.2) is 12.0 Å². The zero-order valence-electron chi connectivity index (χ0n) is 17.0. The van der Waals surface area contributed by atoms with Crippen LogP contribution >= 0.6 is 0 Å². The molecule has 0 saturated carbocycles. The van der Waals surface area contributed by atoms with Gasteiger partial charge in [-0.15, -0.1) is 0 Å². The van der Waals surface area contributed by atoms with Crippen LogP contribution in [0.2, 0.25) is 0 Å². The van der Waals surface area contributed by atoms with E-state index in [4.69, 9.17) is 4.99 Å². The molecule has 2 aliphatic heterocycles. The van der Waals surface area contributed by atoms with Crippen LogP contribution in [0.15, 0.2) is 53.8 Å². The summed E-state index contributed by atoms with van der Waals surface area (Å²) in [6.45, 7) is 4.22. The first kappa shape index (κ1) is 18.8. The van der Waals surface area contributed by atoms with Gasteiger partial charge in [0.25, 0.3) is 0 Å². The maximum absolute atomic E-state index is 13.2. The first-order chi connectivity index (χ1) is 14.5. The second kappa shape index (κ2) is 7.25. The summed E-state index contributed by atoms with van der Waals surface area (Å²) >= 11 is 0. The number of amides is 1. The number of nitrogens with zero attached hydrogens (tertiary/aromatic N) is 3. The molecule has 1 unspecified atom stereocenters. The van der Waals surface area contributed by atoms with E-state index in [-0.39, 0.29) is 11.9 Å². The van der Waals surface area contributed by atoms with Crippen LogP contribution in [0.5, 0.6) is 0 Å². The van der Waals surface area contributed by atoms with Crippen molar-refractivity contribution in [2.24, 2.45) is 10.9 Å². The molecule has 0 radical (unpaired) electrons. The minimum atomic E-state index is -0.961. The summed E-state index contributed by atoms with van der Waals surface area (Å²) in [5, 5.41) is 15.5. The zero-order chi connectivity index (χ0) is 20.8. The summed E-state index contributed by atoms with van der Waals surface area (Å²) in [4.78, 5) is 27.4. The van der Waals surface area contributed by atoms with Crippen LogP contribution in [0.4, 0.5) is 5.82 Å². The van der Waals surface area contributed by atoms with Crippen molar-refractivity contribution in [3.63, 3.8) is 0 Å². The van der Waals surface area contributed by atoms with Gasteiger partial charge in [-0.05, 0) is 36.1 Å². The topological polar surface area (TPSA) is 93.6 Å². The van der Waals surface area contributed by atoms with Crippen molar-refractivity contribution in [3.8, 4) is 0 Å². The molecule has 2 aliphatic rings. The highest BCUT2D eigenvalue weighted by Crippen LogP contribution is 2.37. The lowest BCUT2D eigenvalue weighted by Crippen LogP contribution is -2.65. The van der Waals surface area contributed by atoms with Gasteiger partial charge in [0.1, 0.15) is 11.9 Å². The van der Waals surface area contributed by atoms with E-state index >= 15 is 0 Å². The molecule has 7 heteroatoms. The highest BCUT2D eigenvalue weighted by Gasteiger charge is 2.45. The number of rotatable bonds is 4. The molecule has 2 aromatic heterocycles. The number of benzene rings is 1. The lowest BCUT2D eigenvalue weighted by Gasteiger charge is -2.46. The van der Waals surface area contributed by atoms with Gasteiger partial charge < -0.3 is 20.3 Å². The molecule has 5 rings (SSSR count). The highest BCUT2D eigenvalue weighted by atomic mass is 16.3. The number of carbonyl (C=O) groups excluding carboxylic acids is 1. The van der Waals surface area contributed by atoms with Crippen LogP contribution in [-0.4, -0.2) is 43.8 Å². The van der Waals surface area contributed by atoms with Gasteiger partial charge in [0.05, 0.1) is 6.04 Å². The Hall–Kier alpha value is -3.19. The van der Waals surface area contributed by atoms with Crippen LogP contribution in [0.1, 0.15) is 37.6 Å². The number of aromatic amines is 1. The fourth-order valence-corrected chi connectivity index (χ4v) is 4.53. The Balaban J connectivity index is 1.57. The van der Waals surface area contributed by atoms with E-state index in [2.05, 4.69) is 29.1 Å². The first-order valence-electron chi connectivity index (χ1n) is 10.4. The maximum Gasteiger partial charge on any atom is 0.243 e. The average Bonchev–Trinajstić information content (AvgIpc) is 3.14. The number of pyridine rings is 1. The number of H-pyrrole nitrogens is 1. The van der Waals surface area contributed by atoms with Gasteiger partial charge in [-0.1, -0.05) is 32.0 Å². The first-order valence-corrected chi connectivity index (χ1v) is 10.4. The number of piperazine rings is 1. The number of aliphatic imine (C=N–C) groups is 1. The lowest BCUT2D eigenvalue weighted by molar-refractivity contribution is -0.131. The fraction of sp³-hybridized carbons (Fsp3) is 0.348. The molecule has 3 N–H and O–H groups in total. The number of carbonyl (C=O) groups is 1. The Morgan fingerprint density at radius 2 is 2.03 bits per heavy atom. The number of aliphatic hydroxyl groups is 1. The third kappa shape index (κ3) is 3.06. The second-order valence-electron chi connectivity index (χ2n) is 8.44. The van der Waals surface area contributed by atoms with Crippen molar-refractivity contribution in [2.75, 3.05) is 0 Å². The van der Waals surface area contributed by atoms with Crippen molar-refractivity contribution in [1.82, 2.24) is 20.2 Å². The van der Waals surface area contributed by atoms with Crippen molar-refractivity contribution >= 4 is 28.5 Å². The molecule has 1 aromatic carbocycles. The molecule has 1 fully saturated rings. The summed E-state index contributed by atoms with van der Waals surface area (Å²) in [5.74, 6) is 1.49. The van der Waals surface area contributed by atoms with E-state index in [1.807, 2.05) is 36.5 Å². The van der Waals surface area contributed by atoms with E-state index in [1.54, 1.807) is 17.2 Å². The molecule has 30 heavy (non-hydrogen) atoms. The number of aromatic nitrogens is 2. The number of aliphatic hydroxyl groups excluding tert-OH is 1. The third-order valence-electron chi connectivity index (χ3n) is 5.91. The summed E-state index contributed by atoms with van der Waals surface area (Å²) < 4.78 is 0. The number of hydrogen-bond donors (Lipinski definition) is 3. The minimum absolute atomic E-state index is 0.0868. The Morgan fingerprint density at radius 3 is 2.87 bits per heavy atom. The largest absolute Gasteiger partial charge is 0.369 e. The molecule has 0 spiro atoms. The average molecular weight is 403 g/mol. The zero-order valence-corrected chi connectivity index (χ0v) is 17.0. The lowest BCUT2D eigenvalue weighted by atomic mass is 9.93. The Kier molecular flexibility index (Phi) is 4.55. The standard InChI is InChI=1S/C23H25N5O2/c1-13(2)10-18-21-27-20-16(7-5-9-24-20)23(30)28(21)19(22(29)26-18)11-14-12-25-17-8-4-3-6-15(14)17/h3-9,12-13,18-19,23,25,30H,10-11H2,1-2H3,(H,26,29)/t18-,19+,23?/m0/s1. The molecule has 154 valence electrons. The summed E-state index contributed by atoms with van der Waals surface area (Å²) in [5.41, 5.74) is 2.70. The quantitative estimate of drug-likeness (QED) is 0.624. The van der Waals surface area contributed by atoms with E-state index in [9.17, 15) is 9.90 Å². The Bertz CT molecular complexity index is 1140. The molecule has 3 atom stereocenters. The number of para-hydroxylation sites is 1. The van der Waals surface area contributed by atoms with Gasteiger partial charge in [-0.25, -0.2) is 9.98 Å². The minimum Gasteiger partial charge on any atom is -0.369 e. The number of hydrogen-bond acceptors (Lipinski definition) is 5. The van der Waals surface area contributed by atoms with Crippen molar-refractivity contribution in [2.45, 2.75) is 45.0 Å². The normalized spacial score (nSPS) is 23.2. The SMILES string of the molecule is CC(C)C[C@@H]1NC(=O)[C@@H](Cc2c[nH]c3ccccc23)N2C1=Nc1ncccc1C2O. The van der Waals surface area contributed by atoms with Crippen LogP contribution in [0.25, 0.3) is 10.9 Å². The molecular weight excluding hydrogens is 378 g/mol. The van der Waals surface area contributed by atoms with Crippen LogP contribution in [0, 0.1) is 5.92 Å². The molecule has 1 saturated heterocycles. The summed E-state index contributed by atoms with van der Waals surface area (Å²) in [6, 6.07) is 10.8. The van der Waals surface area contributed by atoms with Crippen LogP contribution in [0.3, 0.4) is 0 Å². The van der Waals surface area contributed by atoms with Gasteiger partial charge in [-0.2, -0.15) is 0 Å². The molecule has 7 nitrogen and oxygen atoms in total. The Morgan fingerprint density at radius 1 is 1.20 bits per heavy atom. The molecule has 3 aromatic rings. The third-order valence-corrected chi connectivity index (χ3v) is 5.91. The second-order valence-corrected chi connectivity index (χ2v) is 8.44. The number of amidine groups is 1. The molecular formula is C23H25N5O2. The summed E-state index contributed by atoms with van der Waals surface area (Å²) in [6.07, 6.45) is 3.87. The molecule has 0 bridgehead atoms. The Labute approximate surface area is 174 Å². The maximum atomic E-state index is 13.2. The van der Waals surface area contributed by atoms with Crippen LogP contribution in [-0.2, 0) is 11.2 Å². The number of nitrogens with one attached hydrogen (secondary N) is 2. The van der Waals surface area contributed by atoms with Gasteiger partial charge in [0, 0.05) is 35.3 Å². The van der Waals surface area contributed by atoms with Crippen LogP contribution < -0.4 is 5.32 Å². The molecule has 0 aliphatic carbocycles. The smallest absolute Gasteiger partial charge is 0.243 e. The van der Waals surface area contributed by atoms with Gasteiger partial charge in [0.2, 0.25) is 5.91 Å². The van der Waals surface area contributed by atoms with Crippen molar-refractivity contribution in [3.05, 3.63) is 59.9 Å². The predicted molar refractivity (Wildman–Crippen MR) is 115 cm³/mol. The monoisotopic (exact) mass is 403 g/mol. The van der Waals surface area contributed by atoms with E-state index in [0.717, 1.165) is 22.9 Å². The van der Waals surface area contributed by atoms with Crippen molar-refractivity contribution in [1.29, 1.82) is 0 Å². The van der Waals surface area contributed by atoms with Gasteiger partial charge in [-0.3, -0.25) is 4.79 Å². The number of fused-ring (bicyclic) bond motifs is 3.